The van der Waals surface area contributed by atoms with Gasteiger partial charge in [0.15, 0.2) is 11.0 Å². The zero-order valence-electron chi connectivity index (χ0n) is 15.3. The molecule has 0 unspecified atom stereocenters. The second-order valence-corrected chi connectivity index (χ2v) is 7.02. The van der Waals surface area contributed by atoms with Crippen LogP contribution >= 0.6 is 11.8 Å². The smallest absolute Gasteiger partial charge is 0.234 e. The summed E-state index contributed by atoms with van der Waals surface area (Å²) >= 11 is 1.32. The van der Waals surface area contributed by atoms with E-state index in [4.69, 9.17) is 4.74 Å². The van der Waals surface area contributed by atoms with Crippen LogP contribution in [0, 0.1) is 0 Å². The summed E-state index contributed by atoms with van der Waals surface area (Å²) in [6.45, 7) is 0. The number of hydrogen-bond acceptors (Lipinski definition) is 6. The lowest BCUT2D eigenvalue weighted by molar-refractivity contribution is -0.113. The molecule has 8 nitrogen and oxygen atoms in total. The van der Waals surface area contributed by atoms with Crippen LogP contribution < -0.4 is 10.1 Å². The van der Waals surface area contributed by atoms with Crippen LogP contribution in [0.3, 0.4) is 0 Å². The van der Waals surface area contributed by atoms with Crippen molar-refractivity contribution < 1.29 is 9.53 Å². The molecule has 0 spiro atoms. The Balaban J connectivity index is 1.43. The summed E-state index contributed by atoms with van der Waals surface area (Å²) in [5, 5.41) is 19.9. The number of methoxy groups -OCH3 is 1. The van der Waals surface area contributed by atoms with E-state index in [0.29, 0.717) is 11.0 Å². The average molecular weight is 394 g/mol. The molecule has 4 rings (SSSR count). The van der Waals surface area contributed by atoms with Crippen LogP contribution in [0.1, 0.15) is 0 Å². The fraction of sp³-hybridized carbons (Fsp3) is 0.158. The van der Waals surface area contributed by atoms with Gasteiger partial charge in [-0.05, 0) is 30.3 Å². The zero-order chi connectivity index (χ0) is 19.5. The van der Waals surface area contributed by atoms with Crippen molar-refractivity contribution in [3.8, 4) is 17.1 Å². The molecule has 2 aromatic heterocycles. The summed E-state index contributed by atoms with van der Waals surface area (Å²) in [7, 11) is 3.49. The van der Waals surface area contributed by atoms with Gasteiger partial charge in [0, 0.05) is 18.1 Å². The van der Waals surface area contributed by atoms with Crippen molar-refractivity contribution in [2.24, 2.45) is 7.05 Å². The van der Waals surface area contributed by atoms with Gasteiger partial charge in [-0.15, -0.1) is 10.2 Å². The van der Waals surface area contributed by atoms with Crippen molar-refractivity contribution in [2.45, 2.75) is 5.16 Å². The first-order valence-electron chi connectivity index (χ1n) is 8.54. The summed E-state index contributed by atoms with van der Waals surface area (Å²) in [6.07, 6.45) is 1.74. The lowest BCUT2D eigenvalue weighted by atomic mass is 10.2. The molecule has 0 saturated heterocycles. The summed E-state index contributed by atoms with van der Waals surface area (Å²) in [5.41, 5.74) is 2.44. The number of H-pyrrole nitrogens is 1. The molecule has 0 saturated carbocycles. The number of hydrogen-bond donors (Lipinski definition) is 2. The predicted molar refractivity (Wildman–Crippen MR) is 108 cm³/mol. The number of ether oxygens (including phenoxy) is 1. The van der Waals surface area contributed by atoms with Crippen LogP contribution in [0.15, 0.2) is 53.8 Å². The van der Waals surface area contributed by atoms with Crippen LogP contribution in [-0.2, 0) is 11.8 Å². The van der Waals surface area contributed by atoms with Gasteiger partial charge >= 0.3 is 0 Å². The van der Waals surface area contributed by atoms with Gasteiger partial charge in [-0.2, -0.15) is 5.10 Å². The van der Waals surface area contributed by atoms with Crippen molar-refractivity contribution in [3.05, 3.63) is 48.7 Å². The summed E-state index contributed by atoms with van der Waals surface area (Å²) < 4.78 is 7.25. The first-order chi connectivity index (χ1) is 13.7. The number of amides is 1. The third-order valence-corrected chi connectivity index (χ3v) is 5.26. The number of fused-ring (bicyclic) bond motifs is 1. The average Bonchev–Trinajstić information content (AvgIpc) is 3.32. The SMILES string of the molecule is COc1ccccc1-c1nnc(SCC(=O)Nc2ccc3cn[nH]c3c2)n1C. The minimum atomic E-state index is -0.120. The maximum Gasteiger partial charge on any atom is 0.234 e. The van der Waals surface area contributed by atoms with Gasteiger partial charge in [-0.1, -0.05) is 23.9 Å². The lowest BCUT2D eigenvalue weighted by Crippen LogP contribution is -2.14. The van der Waals surface area contributed by atoms with Crippen LogP contribution in [0.25, 0.3) is 22.3 Å². The largest absolute Gasteiger partial charge is 0.496 e. The molecule has 4 aromatic rings. The molecule has 142 valence electrons. The number of carbonyl (C=O) groups excluding carboxylic acids is 1. The van der Waals surface area contributed by atoms with E-state index in [1.54, 1.807) is 13.3 Å². The Bertz CT molecular complexity index is 1140. The van der Waals surface area contributed by atoms with Crippen LogP contribution in [0.5, 0.6) is 5.75 Å². The van der Waals surface area contributed by atoms with Gasteiger partial charge in [0.25, 0.3) is 0 Å². The molecular weight excluding hydrogens is 376 g/mol. The Hall–Kier alpha value is -3.33. The molecule has 0 atom stereocenters. The highest BCUT2D eigenvalue weighted by atomic mass is 32.2. The van der Waals surface area contributed by atoms with E-state index in [0.717, 1.165) is 27.9 Å². The Kier molecular flexibility index (Phi) is 4.98. The molecule has 0 bridgehead atoms. The van der Waals surface area contributed by atoms with Crippen LogP contribution in [0.4, 0.5) is 5.69 Å². The second kappa shape index (κ2) is 7.73. The lowest BCUT2D eigenvalue weighted by Gasteiger charge is -2.08. The standard InChI is InChI=1S/C19H18N6O2S/c1-25-18(14-5-3-4-6-16(14)27-2)23-24-19(25)28-11-17(26)21-13-8-7-12-10-20-22-15(12)9-13/h3-10H,11H2,1-2H3,(H,20,22)(H,21,26). The third-order valence-electron chi connectivity index (χ3n) is 4.24. The van der Waals surface area contributed by atoms with E-state index < -0.39 is 0 Å². The van der Waals surface area contributed by atoms with Crippen LogP contribution in [0.2, 0.25) is 0 Å². The number of para-hydroxylation sites is 1. The fourth-order valence-corrected chi connectivity index (χ4v) is 3.56. The number of nitrogens with one attached hydrogen (secondary N) is 2. The topological polar surface area (TPSA) is 97.7 Å². The van der Waals surface area contributed by atoms with Gasteiger partial charge in [0.2, 0.25) is 5.91 Å². The number of aromatic nitrogens is 5. The van der Waals surface area contributed by atoms with Gasteiger partial charge in [-0.3, -0.25) is 9.89 Å². The highest BCUT2D eigenvalue weighted by Gasteiger charge is 2.16. The Morgan fingerprint density at radius 1 is 1.25 bits per heavy atom. The van der Waals surface area contributed by atoms with Crippen molar-refractivity contribution in [3.63, 3.8) is 0 Å². The van der Waals surface area contributed by atoms with Crippen LogP contribution in [-0.4, -0.2) is 43.7 Å². The fourth-order valence-electron chi connectivity index (χ4n) is 2.85. The van der Waals surface area contributed by atoms with E-state index in [-0.39, 0.29) is 11.7 Å². The first kappa shape index (κ1) is 18.1. The van der Waals surface area contributed by atoms with Crippen molar-refractivity contribution in [2.75, 3.05) is 18.2 Å². The quantitative estimate of drug-likeness (QED) is 0.488. The summed E-state index contributed by atoms with van der Waals surface area (Å²) in [5.74, 6) is 1.51. The molecule has 0 aliphatic heterocycles. The van der Waals surface area contributed by atoms with E-state index in [9.17, 15) is 4.79 Å². The molecule has 2 aromatic carbocycles. The zero-order valence-corrected chi connectivity index (χ0v) is 16.2. The molecule has 9 heteroatoms. The molecule has 2 heterocycles. The maximum absolute atomic E-state index is 12.3. The van der Waals surface area contributed by atoms with E-state index >= 15 is 0 Å². The monoisotopic (exact) mass is 394 g/mol. The number of carbonyl (C=O) groups is 1. The van der Waals surface area contributed by atoms with Crippen molar-refractivity contribution in [1.82, 2.24) is 25.0 Å². The highest BCUT2D eigenvalue weighted by Crippen LogP contribution is 2.30. The number of nitrogens with zero attached hydrogens (tertiary/aromatic N) is 4. The number of aromatic amines is 1. The highest BCUT2D eigenvalue weighted by molar-refractivity contribution is 7.99. The molecule has 0 aliphatic carbocycles. The van der Waals surface area contributed by atoms with Gasteiger partial charge < -0.3 is 14.6 Å². The molecule has 2 N–H and O–H groups in total. The van der Waals surface area contributed by atoms with Crippen molar-refractivity contribution in [1.29, 1.82) is 0 Å². The van der Waals surface area contributed by atoms with Gasteiger partial charge in [-0.25, -0.2) is 0 Å². The molecule has 1 amide bonds. The number of thioether (sulfide) groups is 1. The Morgan fingerprint density at radius 3 is 2.96 bits per heavy atom. The minimum absolute atomic E-state index is 0.120. The first-order valence-corrected chi connectivity index (χ1v) is 9.53. The normalized spacial score (nSPS) is 10.9. The molecule has 0 radical (unpaired) electrons. The summed E-state index contributed by atoms with van der Waals surface area (Å²) in [6, 6.07) is 13.2. The summed E-state index contributed by atoms with van der Waals surface area (Å²) in [4.78, 5) is 12.3. The number of rotatable bonds is 6. The Labute approximate surface area is 165 Å². The van der Waals surface area contributed by atoms with E-state index in [2.05, 4.69) is 25.7 Å². The van der Waals surface area contributed by atoms with E-state index in [1.807, 2.05) is 54.1 Å². The predicted octanol–water partition coefficient (Wildman–Crippen LogP) is 3.10. The minimum Gasteiger partial charge on any atom is -0.496 e. The molecule has 0 aliphatic rings. The third kappa shape index (κ3) is 3.56. The number of anilines is 1. The second-order valence-electron chi connectivity index (χ2n) is 6.07. The maximum atomic E-state index is 12.3. The van der Waals surface area contributed by atoms with E-state index in [1.165, 1.54) is 11.8 Å². The van der Waals surface area contributed by atoms with Crippen molar-refractivity contribution >= 4 is 34.3 Å². The van der Waals surface area contributed by atoms with Gasteiger partial charge in [0.05, 0.1) is 30.1 Å². The molecule has 28 heavy (non-hydrogen) atoms. The molecule has 0 fully saturated rings. The molecular formula is C19H18N6O2S. The Morgan fingerprint density at radius 2 is 2.11 bits per heavy atom. The van der Waals surface area contributed by atoms with Gasteiger partial charge in [0.1, 0.15) is 5.75 Å². The number of benzene rings is 2.